The minimum atomic E-state index is -0.00481. The molecule has 0 radical (unpaired) electrons. The Hall–Kier alpha value is -2.49. The maximum atomic E-state index is 12.7. The van der Waals surface area contributed by atoms with E-state index in [9.17, 15) is 4.79 Å². The van der Waals surface area contributed by atoms with Crippen molar-refractivity contribution >= 4 is 11.0 Å². The van der Waals surface area contributed by atoms with E-state index < -0.39 is 0 Å². The lowest BCUT2D eigenvalue weighted by Gasteiger charge is -2.27. The predicted octanol–water partition coefficient (Wildman–Crippen LogP) is 2.72. The fraction of sp³-hybridized carbons (Fsp3) is 0.235. The predicted molar refractivity (Wildman–Crippen MR) is 81.3 cm³/mol. The lowest BCUT2D eigenvalue weighted by molar-refractivity contribution is 0.475. The Morgan fingerprint density at radius 2 is 2.00 bits per heavy atom. The highest BCUT2D eigenvalue weighted by atomic mass is 16.1. The van der Waals surface area contributed by atoms with Gasteiger partial charge in [0.15, 0.2) is 5.65 Å². The third-order valence-corrected chi connectivity index (χ3v) is 4.23. The summed E-state index contributed by atoms with van der Waals surface area (Å²) in [6.07, 6.45) is 6.47. The summed E-state index contributed by atoms with van der Waals surface area (Å²) in [5.41, 5.74) is 3.10. The average molecular weight is 277 g/mol. The molecule has 2 aromatic heterocycles. The second-order valence-electron chi connectivity index (χ2n) is 5.44. The monoisotopic (exact) mass is 277 g/mol. The zero-order chi connectivity index (χ0) is 14.2. The second-order valence-corrected chi connectivity index (χ2v) is 5.44. The Morgan fingerprint density at radius 1 is 1.10 bits per heavy atom. The zero-order valence-corrected chi connectivity index (χ0v) is 11.6. The zero-order valence-electron chi connectivity index (χ0n) is 11.6. The van der Waals surface area contributed by atoms with Crippen molar-refractivity contribution in [3.63, 3.8) is 0 Å². The van der Waals surface area contributed by atoms with E-state index in [1.54, 1.807) is 29.2 Å². The standard InChI is InChI=1S/C17H15N3O/c21-17-14-8-4-10-18-16(14)19-11-20(17)15-9-3-6-12-5-1-2-7-13(12)15/h1-2,4-5,7-8,10-11,15H,3,6,9H2. The molecule has 2 heterocycles. The van der Waals surface area contributed by atoms with E-state index in [0.717, 1.165) is 19.3 Å². The van der Waals surface area contributed by atoms with Crippen LogP contribution in [0, 0.1) is 0 Å². The summed E-state index contributed by atoms with van der Waals surface area (Å²) in [6, 6.07) is 12.0. The van der Waals surface area contributed by atoms with Crippen LogP contribution in [-0.2, 0) is 6.42 Å². The Labute approximate surface area is 122 Å². The van der Waals surface area contributed by atoms with Gasteiger partial charge in [-0.05, 0) is 42.5 Å². The van der Waals surface area contributed by atoms with Crippen molar-refractivity contribution in [1.29, 1.82) is 0 Å². The van der Waals surface area contributed by atoms with Gasteiger partial charge < -0.3 is 0 Å². The Morgan fingerprint density at radius 3 is 2.95 bits per heavy atom. The van der Waals surface area contributed by atoms with Crippen molar-refractivity contribution in [2.75, 3.05) is 0 Å². The Bertz CT molecular complexity index is 869. The Kier molecular flexibility index (Phi) is 2.81. The lowest BCUT2D eigenvalue weighted by atomic mass is 9.87. The highest BCUT2D eigenvalue weighted by Crippen LogP contribution is 2.31. The van der Waals surface area contributed by atoms with Crippen LogP contribution in [0.2, 0.25) is 0 Å². The van der Waals surface area contributed by atoms with Gasteiger partial charge in [-0.1, -0.05) is 24.3 Å². The molecule has 0 bridgehead atoms. The first-order valence-electron chi connectivity index (χ1n) is 7.24. The fourth-order valence-corrected chi connectivity index (χ4v) is 3.21. The van der Waals surface area contributed by atoms with E-state index in [1.165, 1.54) is 11.1 Å². The molecule has 0 aliphatic heterocycles. The smallest absolute Gasteiger partial charge is 0.263 e. The highest BCUT2D eigenvalue weighted by Gasteiger charge is 2.22. The number of hydrogen-bond acceptors (Lipinski definition) is 3. The van der Waals surface area contributed by atoms with Crippen LogP contribution in [0.15, 0.2) is 53.7 Å². The summed E-state index contributed by atoms with van der Waals surface area (Å²) in [7, 11) is 0. The molecule has 1 aromatic carbocycles. The molecule has 0 spiro atoms. The van der Waals surface area contributed by atoms with Crippen molar-refractivity contribution < 1.29 is 0 Å². The van der Waals surface area contributed by atoms with Crippen molar-refractivity contribution in [3.05, 3.63) is 70.4 Å². The average Bonchev–Trinajstić information content (AvgIpc) is 2.55. The van der Waals surface area contributed by atoms with Gasteiger partial charge in [-0.2, -0.15) is 0 Å². The van der Waals surface area contributed by atoms with Gasteiger partial charge in [0.2, 0.25) is 0 Å². The fourth-order valence-electron chi connectivity index (χ4n) is 3.21. The maximum Gasteiger partial charge on any atom is 0.263 e. The van der Waals surface area contributed by atoms with E-state index >= 15 is 0 Å². The van der Waals surface area contributed by atoms with Gasteiger partial charge in [0.05, 0.1) is 11.4 Å². The van der Waals surface area contributed by atoms with Crippen LogP contribution in [0.4, 0.5) is 0 Å². The minimum Gasteiger partial charge on any atom is -0.291 e. The molecule has 1 atom stereocenters. The van der Waals surface area contributed by atoms with Gasteiger partial charge in [0.25, 0.3) is 5.56 Å². The van der Waals surface area contributed by atoms with Crippen LogP contribution < -0.4 is 5.56 Å². The molecule has 1 aliphatic rings. The summed E-state index contributed by atoms with van der Waals surface area (Å²) in [4.78, 5) is 21.2. The van der Waals surface area contributed by atoms with Gasteiger partial charge >= 0.3 is 0 Å². The van der Waals surface area contributed by atoms with E-state index in [0.29, 0.717) is 11.0 Å². The largest absolute Gasteiger partial charge is 0.291 e. The van der Waals surface area contributed by atoms with Gasteiger partial charge in [-0.3, -0.25) is 9.36 Å². The topological polar surface area (TPSA) is 47.8 Å². The van der Waals surface area contributed by atoms with Crippen LogP contribution >= 0.6 is 0 Å². The molecular weight excluding hydrogens is 262 g/mol. The molecule has 0 fully saturated rings. The molecule has 3 aromatic rings. The van der Waals surface area contributed by atoms with E-state index in [1.807, 2.05) is 6.07 Å². The second kappa shape index (κ2) is 4.81. The molecule has 4 heteroatoms. The number of aryl methyl sites for hydroxylation is 1. The molecule has 0 saturated carbocycles. The lowest BCUT2D eigenvalue weighted by Crippen LogP contribution is -2.28. The quantitative estimate of drug-likeness (QED) is 0.687. The van der Waals surface area contributed by atoms with Crippen molar-refractivity contribution in [1.82, 2.24) is 14.5 Å². The van der Waals surface area contributed by atoms with Gasteiger partial charge in [0.1, 0.15) is 6.33 Å². The van der Waals surface area contributed by atoms with Crippen LogP contribution in [0.1, 0.15) is 30.0 Å². The molecule has 21 heavy (non-hydrogen) atoms. The Balaban J connectivity index is 1.92. The molecule has 4 rings (SSSR count). The van der Waals surface area contributed by atoms with E-state index in [4.69, 9.17) is 0 Å². The number of hydrogen-bond donors (Lipinski definition) is 0. The third kappa shape index (κ3) is 1.95. The summed E-state index contributed by atoms with van der Waals surface area (Å²) in [5, 5.41) is 0.586. The van der Waals surface area contributed by atoms with Crippen LogP contribution in [0.3, 0.4) is 0 Å². The normalized spacial score (nSPS) is 17.6. The first kappa shape index (κ1) is 12.3. The summed E-state index contributed by atoms with van der Waals surface area (Å²) in [6.45, 7) is 0. The maximum absolute atomic E-state index is 12.7. The van der Waals surface area contributed by atoms with E-state index in [-0.39, 0.29) is 11.6 Å². The summed E-state index contributed by atoms with van der Waals surface area (Å²) >= 11 is 0. The molecular formula is C17H15N3O. The number of aromatic nitrogens is 3. The molecule has 1 aliphatic carbocycles. The van der Waals surface area contributed by atoms with Crippen LogP contribution in [0.5, 0.6) is 0 Å². The van der Waals surface area contributed by atoms with Crippen molar-refractivity contribution in [2.24, 2.45) is 0 Å². The SMILES string of the molecule is O=c1c2cccnc2ncn1C1CCCc2ccccc21. The number of benzene rings is 1. The number of rotatable bonds is 1. The minimum absolute atomic E-state index is 0.00481. The molecule has 0 amide bonds. The molecule has 1 unspecified atom stereocenters. The molecule has 4 nitrogen and oxygen atoms in total. The molecule has 0 N–H and O–H groups in total. The molecule has 0 saturated heterocycles. The highest BCUT2D eigenvalue weighted by molar-refractivity contribution is 5.72. The first-order valence-corrected chi connectivity index (χ1v) is 7.24. The summed E-state index contributed by atoms with van der Waals surface area (Å²) < 4.78 is 1.77. The van der Waals surface area contributed by atoms with E-state index in [2.05, 4.69) is 28.2 Å². The van der Waals surface area contributed by atoms with Crippen molar-refractivity contribution in [2.45, 2.75) is 25.3 Å². The molecule has 104 valence electrons. The van der Waals surface area contributed by atoms with Gasteiger partial charge in [0, 0.05) is 6.20 Å². The first-order chi connectivity index (χ1) is 10.3. The van der Waals surface area contributed by atoms with Crippen molar-refractivity contribution in [3.8, 4) is 0 Å². The third-order valence-electron chi connectivity index (χ3n) is 4.23. The number of fused-ring (bicyclic) bond motifs is 2. The van der Waals surface area contributed by atoms with Crippen LogP contribution in [-0.4, -0.2) is 14.5 Å². The van der Waals surface area contributed by atoms with Gasteiger partial charge in [-0.25, -0.2) is 9.97 Å². The number of pyridine rings is 1. The number of nitrogens with zero attached hydrogens (tertiary/aromatic N) is 3. The summed E-state index contributed by atoms with van der Waals surface area (Å²) in [5.74, 6) is 0. The van der Waals surface area contributed by atoms with Gasteiger partial charge in [-0.15, -0.1) is 0 Å². The van der Waals surface area contributed by atoms with Crippen LogP contribution in [0.25, 0.3) is 11.0 Å².